The topological polar surface area (TPSA) is 114 Å². The molecule has 1 amide bonds. The first kappa shape index (κ1) is 26.0. The summed E-state index contributed by atoms with van der Waals surface area (Å²) in [6.45, 7) is 3.30. The van der Waals surface area contributed by atoms with Gasteiger partial charge in [0.15, 0.2) is 6.61 Å². The SMILES string of the molecule is CCCCNc1ccccc1C(=O)OCC(=O)Nc1ccc(Cl)c(S(=O)(=O)N2CCOCC2)c1. The lowest BCUT2D eigenvalue weighted by Gasteiger charge is -2.26. The number of anilines is 2. The smallest absolute Gasteiger partial charge is 0.340 e. The van der Waals surface area contributed by atoms with Gasteiger partial charge in [0, 0.05) is 31.0 Å². The summed E-state index contributed by atoms with van der Waals surface area (Å²) in [5, 5.41) is 5.79. The molecule has 1 fully saturated rings. The number of hydrogen-bond donors (Lipinski definition) is 2. The molecule has 9 nitrogen and oxygen atoms in total. The number of nitrogens with one attached hydrogen (secondary N) is 2. The molecule has 0 saturated carbocycles. The minimum atomic E-state index is -3.85. The number of esters is 1. The monoisotopic (exact) mass is 509 g/mol. The van der Waals surface area contributed by atoms with Crippen molar-refractivity contribution in [3.05, 3.63) is 53.1 Å². The van der Waals surface area contributed by atoms with Gasteiger partial charge in [-0.3, -0.25) is 4.79 Å². The zero-order chi connectivity index (χ0) is 24.6. The van der Waals surface area contributed by atoms with Gasteiger partial charge in [0.1, 0.15) is 4.90 Å². The minimum Gasteiger partial charge on any atom is -0.452 e. The van der Waals surface area contributed by atoms with E-state index in [0.29, 0.717) is 31.0 Å². The number of nitrogens with zero attached hydrogens (tertiary/aromatic N) is 1. The van der Waals surface area contributed by atoms with E-state index in [-0.39, 0.29) is 28.7 Å². The second kappa shape index (κ2) is 12.2. The van der Waals surface area contributed by atoms with Gasteiger partial charge >= 0.3 is 5.97 Å². The third-order valence-corrected chi connectivity index (χ3v) is 7.51. The highest BCUT2D eigenvalue weighted by atomic mass is 35.5. The summed E-state index contributed by atoms with van der Waals surface area (Å²) in [7, 11) is -3.85. The van der Waals surface area contributed by atoms with E-state index in [2.05, 4.69) is 17.6 Å². The van der Waals surface area contributed by atoms with Crippen molar-refractivity contribution in [3.8, 4) is 0 Å². The van der Waals surface area contributed by atoms with Crippen LogP contribution in [0, 0.1) is 0 Å². The van der Waals surface area contributed by atoms with Gasteiger partial charge in [-0.15, -0.1) is 0 Å². The van der Waals surface area contributed by atoms with Crippen molar-refractivity contribution >= 4 is 44.9 Å². The maximum absolute atomic E-state index is 12.9. The zero-order valence-corrected chi connectivity index (χ0v) is 20.5. The highest BCUT2D eigenvalue weighted by Crippen LogP contribution is 2.28. The van der Waals surface area contributed by atoms with E-state index in [1.165, 1.54) is 22.5 Å². The van der Waals surface area contributed by atoms with Gasteiger partial charge in [-0.1, -0.05) is 37.1 Å². The first-order valence-corrected chi connectivity index (χ1v) is 12.8. The van der Waals surface area contributed by atoms with Crippen LogP contribution in [-0.4, -0.2) is 64.1 Å². The van der Waals surface area contributed by atoms with Crippen LogP contribution in [0.4, 0.5) is 11.4 Å². The van der Waals surface area contributed by atoms with Gasteiger partial charge in [0.2, 0.25) is 10.0 Å². The van der Waals surface area contributed by atoms with E-state index in [1.54, 1.807) is 24.3 Å². The molecule has 3 rings (SSSR count). The first-order valence-electron chi connectivity index (χ1n) is 11.0. The van der Waals surface area contributed by atoms with Gasteiger partial charge in [-0.25, -0.2) is 13.2 Å². The number of carbonyl (C=O) groups is 2. The molecule has 2 aromatic carbocycles. The van der Waals surface area contributed by atoms with E-state index in [4.69, 9.17) is 21.1 Å². The molecule has 34 heavy (non-hydrogen) atoms. The summed E-state index contributed by atoms with van der Waals surface area (Å²) in [5.41, 5.74) is 1.19. The standard InChI is InChI=1S/C23H28ClN3O6S/c1-2-3-10-25-20-7-5-4-6-18(20)23(29)33-16-22(28)26-17-8-9-19(24)21(15-17)34(30,31)27-11-13-32-14-12-27/h4-9,15,25H,2-3,10-14,16H2,1H3,(H,26,28). The van der Waals surface area contributed by atoms with Crippen molar-refractivity contribution in [3.63, 3.8) is 0 Å². The molecule has 0 unspecified atom stereocenters. The molecule has 1 saturated heterocycles. The van der Waals surface area contributed by atoms with Crippen LogP contribution in [0.25, 0.3) is 0 Å². The summed E-state index contributed by atoms with van der Waals surface area (Å²) in [4.78, 5) is 24.8. The van der Waals surface area contributed by atoms with Crippen LogP contribution in [0.2, 0.25) is 5.02 Å². The molecule has 184 valence electrons. The van der Waals surface area contributed by atoms with Gasteiger partial charge in [0.25, 0.3) is 5.91 Å². The second-order valence-electron chi connectivity index (χ2n) is 7.61. The molecule has 0 bridgehead atoms. The van der Waals surface area contributed by atoms with Crippen LogP contribution >= 0.6 is 11.6 Å². The van der Waals surface area contributed by atoms with E-state index < -0.39 is 28.5 Å². The average molecular weight is 510 g/mol. The number of unbranched alkanes of at least 4 members (excludes halogenated alkanes) is 1. The summed E-state index contributed by atoms with van der Waals surface area (Å²) in [6.07, 6.45) is 1.97. The molecule has 11 heteroatoms. The van der Waals surface area contributed by atoms with Crippen molar-refractivity contribution in [2.24, 2.45) is 0 Å². The number of halogens is 1. The number of rotatable bonds is 10. The average Bonchev–Trinajstić information content (AvgIpc) is 2.84. The number of para-hydroxylation sites is 1. The first-order chi connectivity index (χ1) is 16.3. The second-order valence-corrected chi connectivity index (χ2v) is 9.93. The third-order valence-electron chi connectivity index (χ3n) is 5.13. The Hall–Kier alpha value is -2.66. The Kier molecular flexibility index (Phi) is 9.28. The van der Waals surface area contributed by atoms with E-state index in [1.807, 2.05) is 0 Å². The lowest BCUT2D eigenvalue weighted by molar-refractivity contribution is -0.119. The van der Waals surface area contributed by atoms with Gasteiger partial charge in [-0.2, -0.15) is 4.31 Å². The Morgan fingerprint density at radius 1 is 1.15 bits per heavy atom. The van der Waals surface area contributed by atoms with Crippen molar-refractivity contribution in [1.29, 1.82) is 0 Å². The van der Waals surface area contributed by atoms with Crippen LogP contribution in [0.1, 0.15) is 30.1 Å². The molecule has 2 aromatic rings. The summed E-state index contributed by atoms with van der Waals surface area (Å²) >= 11 is 6.14. The molecule has 1 aliphatic rings. The summed E-state index contributed by atoms with van der Waals surface area (Å²) in [6, 6.07) is 11.1. The predicted molar refractivity (Wildman–Crippen MR) is 130 cm³/mol. The number of ether oxygens (including phenoxy) is 2. The molecule has 1 heterocycles. The van der Waals surface area contributed by atoms with E-state index in [0.717, 1.165) is 12.8 Å². The summed E-state index contributed by atoms with van der Waals surface area (Å²) < 4.78 is 37.5. The number of morpholine rings is 1. The van der Waals surface area contributed by atoms with Crippen molar-refractivity contribution in [2.75, 3.05) is 50.1 Å². The Morgan fingerprint density at radius 2 is 1.88 bits per heavy atom. The predicted octanol–water partition coefficient (Wildman–Crippen LogP) is 3.37. The molecule has 0 spiro atoms. The Bertz CT molecular complexity index is 1120. The Labute approximate surface area is 204 Å². The van der Waals surface area contributed by atoms with Crippen LogP contribution < -0.4 is 10.6 Å². The summed E-state index contributed by atoms with van der Waals surface area (Å²) in [5.74, 6) is -1.25. The molecule has 0 aliphatic carbocycles. The number of hydrogen-bond acceptors (Lipinski definition) is 7. The largest absolute Gasteiger partial charge is 0.452 e. The lowest BCUT2D eigenvalue weighted by atomic mass is 10.1. The number of carbonyl (C=O) groups excluding carboxylic acids is 2. The van der Waals surface area contributed by atoms with Crippen LogP contribution in [0.15, 0.2) is 47.4 Å². The van der Waals surface area contributed by atoms with Gasteiger partial charge in [-0.05, 0) is 36.8 Å². The van der Waals surface area contributed by atoms with Crippen LogP contribution in [-0.2, 0) is 24.3 Å². The molecule has 1 aliphatic heterocycles. The number of benzene rings is 2. The zero-order valence-electron chi connectivity index (χ0n) is 18.9. The molecule has 0 aromatic heterocycles. The van der Waals surface area contributed by atoms with Crippen molar-refractivity contribution in [2.45, 2.75) is 24.7 Å². The maximum atomic E-state index is 12.9. The van der Waals surface area contributed by atoms with Crippen LogP contribution in [0.3, 0.4) is 0 Å². The normalized spacial score (nSPS) is 14.4. The van der Waals surface area contributed by atoms with Crippen molar-refractivity contribution < 1.29 is 27.5 Å². The number of sulfonamides is 1. The van der Waals surface area contributed by atoms with Gasteiger partial charge in [0.05, 0.1) is 23.8 Å². The van der Waals surface area contributed by atoms with E-state index in [9.17, 15) is 18.0 Å². The van der Waals surface area contributed by atoms with Crippen molar-refractivity contribution in [1.82, 2.24) is 4.31 Å². The highest BCUT2D eigenvalue weighted by Gasteiger charge is 2.28. The fraction of sp³-hybridized carbons (Fsp3) is 0.391. The minimum absolute atomic E-state index is 0.0445. The van der Waals surface area contributed by atoms with Gasteiger partial charge < -0.3 is 20.1 Å². The molecule has 0 atom stereocenters. The number of amides is 1. The quantitative estimate of drug-likeness (QED) is 0.373. The molecule has 0 radical (unpaired) electrons. The highest BCUT2D eigenvalue weighted by molar-refractivity contribution is 7.89. The fourth-order valence-corrected chi connectivity index (χ4v) is 5.23. The third kappa shape index (κ3) is 6.69. The van der Waals surface area contributed by atoms with E-state index >= 15 is 0 Å². The molecular weight excluding hydrogens is 482 g/mol. The Morgan fingerprint density at radius 3 is 2.62 bits per heavy atom. The van der Waals surface area contributed by atoms with Crippen LogP contribution in [0.5, 0.6) is 0 Å². The molecule has 2 N–H and O–H groups in total. The molecular formula is C23H28ClN3O6S. The maximum Gasteiger partial charge on any atom is 0.340 e. The fourth-order valence-electron chi connectivity index (χ4n) is 3.33. The lowest BCUT2D eigenvalue weighted by Crippen LogP contribution is -2.40. The Balaban J connectivity index is 1.63.